The van der Waals surface area contributed by atoms with Crippen LogP contribution in [0.3, 0.4) is 0 Å². The van der Waals surface area contributed by atoms with Gasteiger partial charge in [0.1, 0.15) is 6.04 Å². The van der Waals surface area contributed by atoms with Gasteiger partial charge < -0.3 is 15.5 Å². The summed E-state index contributed by atoms with van der Waals surface area (Å²) in [6, 6.07) is 6.82. The molecule has 0 heterocycles. The van der Waals surface area contributed by atoms with Crippen molar-refractivity contribution >= 4 is 11.8 Å². The Balaban J connectivity index is 2.72. The minimum absolute atomic E-state index is 0.00530. The van der Waals surface area contributed by atoms with Gasteiger partial charge in [0.15, 0.2) is 0 Å². The smallest absolute Gasteiger partial charge is 0.251 e. The van der Waals surface area contributed by atoms with Crippen LogP contribution in [0.1, 0.15) is 43.6 Å². The van der Waals surface area contributed by atoms with Crippen LogP contribution in [0, 0.1) is 18.3 Å². The zero-order valence-electron chi connectivity index (χ0n) is 16.6. The topological polar surface area (TPSA) is 61.4 Å². The van der Waals surface area contributed by atoms with Crippen molar-refractivity contribution < 1.29 is 9.59 Å². The van der Waals surface area contributed by atoms with Crippen LogP contribution in [0.5, 0.6) is 0 Å². The Kier molecular flexibility index (Phi) is 7.61. The average molecular weight is 348 g/mol. The molecule has 1 atom stereocenters. The average Bonchev–Trinajstić information content (AvgIpc) is 2.48. The number of benzene rings is 1. The molecule has 0 radical (unpaired) electrons. The molecular formula is C20H33N3O2. The molecule has 0 aromatic heterocycles. The van der Waals surface area contributed by atoms with Crippen LogP contribution in [0.25, 0.3) is 0 Å². The number of nitrogens with zero attached hydrogens (tertiary/aromatic N) is 1. The minimum Gasteiger partial charge on any atom is -0.354 e. The molecule has 5 heteroatoms. The van der Waals surface area contributed by atoms with Gasteiger partial charge in [0.05, 0.1) is 0 Å². The molecule has 0 spiro atoms. The first-order valence-corrected chi connectivity index (χ1v) is 8.82. The molecule has 0 aliphatic carbocycles. The summed E-state index contributed by atoms with van der Waals surface area (Å²) >= 11 is 0. The molecule has 5 nitrogen and oxygen atoms in total. The first-order valence-electron chi connectivity index (χ1n) is 8.82. The van der Waals surface area contributed by atoms with E-state index in [2.05, 4.69) is 29.4 Å². The Labute approximate surface area is 152 Å². The monoisotopic (exact) mass is 347 g/mol. The number of nitrogens with one attached hydrogen (secondary N) is 2. The van der Waals surface area contributed by atoms with E-state index >= 15 is 0 Å². The summed E-state index contributed by atoms with van der Waals surface area (Å²) in [6.45, 7) is 11.5. The number of hydrogen-bond acceptors (Lipinski definition) is 3. The van der Waals surface area contributed by atoms with Crippen molar-refractivity contribution in [2.45, 2.75) is 40.7 Å². The van der Waals surface area contributed by atoms with Crippen LogP contribution in [0.15, 0.2) is 24.3 Å². The number of rotatable bonds is 8. The molecule has 0 aliphatic rings. The molecule has 25 heavy (non-hydrogen) atoms. The lowest BCUT2D eigenvalue weighted by molar-refractivity contribution is -0.124. The van der Waals surface area contributed by atoms with E-state index < -0.39 is 6.04 Å². The molecule has 2 amide bonds. The second kappa shape index (κ2) is 8.99. The first-order chi connectivity index (χ1) is 11.5. The van der Waals surface area contributed by atoms with E-state index in [-0.39, 0.29) is 23.1 Å². The highest BCUT2D eigenvalue weighted by molar-refractivity contribution is 5.97. The lowest BCUT2D eigenvalue weighted by Crippen LogP contribution is -2.52. The molecule has 0 saturated heterocycles. The van der Waals surface area contributed by atoms with E-state index in [0.717, 1.165) is 12.1 Å². The third-order valence-corrected chi connectivity index (χ3v) is 4.00. The summed E-state index contributed by atoms with van der Waals surface area (Å²) in [4.78, 5) is 27.2. The van der Waals surface area contributed by atoms with Gasteiger partial charge in [-0.25, -0.2) is 0 Å². The minimum atomic E-state index is -0.553. The van der Waals surface area contributed by atoms with Crippen LogP contribution in [0.2, 0.25) is 0 Å². The molecule has 0 fully saturated rings. The summed E-state index contributed by atoms with van der Waals surface area (Å²) in [5.41, 5.74) is 1.55. The Morgan fingerprint density at radius 2 is 1.84 bits per heavy atom. The molecule has 140 valence electrons. The maximum absolute atomic E-state index is 12.6. The number of amides is 2. The van der Waals surface area contributed by atoms with Crippen molar-refractivity contribution in [2.24, 2.45) is 11.3 Å². The third-order valence-electron chi connectivity index (χ3n) is 4.00. The van der Waals surface area contributed by atoms with Crippen LogP contribution in [-0.4, -0.2) is 49.9 Å². The van der Waals surface area contributed by atoms with Crippen molar-refractivity contribution in [1.82, 2.24) is 15.5 Å². The maximum atomic E-state index is 12.6. The number of hydrogen-bond donors (Lipinski definition) is 2. The van der Waals surface area contributed by atoms with Gasteiger partial charge in [0.2, 0.25) is 5.91 Å². The summed E-state index contributed by atoms with van der Waals surface area (Å²) in [7, 11) is 4.03. The third kappa shape index (κ3) is 7.26. The molecule has 0 aliphatic heterocycles. The highest BCUT2D eigenvalue weighted by Crippen LogP contribution is 2.15. The summed E-state index contributed by atoms with van der Waals surface area (Å²) in [6.07, 6.45) is 0. The quantitative estimate of drug-likeness (QED) is 0.759. The van der Waals surface area contributed by atoms with E-state index in [1.54, 1.807) is 6.07 Å². The Bertz CT molecular complexity index is 594. The van der Waals surface area contributed by atoms with Crippen molar-refractivity contribution in [3.8, 4) is 0 Å². The standard InChI is InChI=1S/C20H33N3O2/c1-14(2)17(19(25)21-12-20(4,5)13-23(6)7)22-18(24)16-10-8-9-15(3)11-16/h8-11,14,17H,12-13H2,1-7H3,(H,21,25)(H,22,24)/t17-/m1/s1. The number of carbonyl (C=O) groups excluding carboxylic acids is 2. The van der Waals surface area contributed by atoms with Crippen LogP contribution in [0.4, 0.5) is 0 Å². The number of aryl methyl sites for hydroxylation is 1. The van der Waals surface area contributed by atoms with Crippen LogP contribution in [-0.2, 0) is 4.79 Å². The SMILES string of the molecule is Cc1cccc(C(=O)N[C@@H](C(=O)NCC(C)(C)CN(C)C)C(C)C)c1. The lowest BCUT2D eigenvalue weighted by Gasteiger charge is -2.30. The number of carbonyl (C=O) groups is 2. The van der Waals surface area contributed by atoms with E-state index in [9.17, 15) is 9.59 Å². The summed E-state index contributed by atoms with van der Waals surface area (Å²) in [5, 5.41) is 5.87. The normalized spacial score (nSPS) is 13.0. The predicted molar refractivity (Wildman–Crippen MR) is 103 cm³/mol. The second-order valence-electron chi connectivity index (χ2n) is 8.18. The second-order valence-corrected chi connectivity index (χ2v) is 8.18. The van der Waals surface area contributed by atoms with Gasteiger partial charge in [-0.2, -0.15) is 0 Å². The van der Waals surface area contributed by atoms with Gasteiger partial charge in [-0.1, -0.05) is 45.4 Å². The molecule has 2 N–H and O–H groups in total. The first kappa shape index (κ1) is 21.2. The fourth-order valence-corrected chi connectivity index (χ4v) is 2.89. The largest absolute Gasteiger partial charge is 0.354 e. The molecule has 1 aromatic carbocycles. The molecule has 0 unspecified atom stereocenters. The Hall–Kier alpha value is -1.88. The Morgan fingerprint density at radius 3 is 2.36 bits per heavy atom. The van der Waals surface area contributed by atoms with Crippen molar-refractivity contribution in [3.63, 3.8) is 0 Å². The van der Waals surface area contributed by atoms with Crippen molar-refractivity contribution in [2.75, 3.05) is 27.2 Å². The zero-order valence-corrected chi connectivity index (χ0v) is 16.6. The fourth-order valence-electron chi connectivity index (χ4n) is 2.89. The van der Waals surface area contributed by atoms with Gasteiger partial charge in [-0.05, 0) is 44.5 Å². The Morgan fingerprint density at radius 1 is 1.20 bits per heavy atom. The van der Waals surface area contributed by atoms with Crippen molar-refractivity contribution in [1.29, 1.82) is 0 Å². The van der Waals surface area contributed by atoms with Crippen molar-refractivity contribution in [3.05, 3.63) is 35.4 Å². The van der Waals surface area contributed by atoms with E-state index in [4.69, 9.17) is 0 Å². The molecule has 1 aromatic rings. The summed E-state index contributed by atoms with van der Waals surface area (Å²) < 4.78 is 0. The molecule has 0 bridgehead atoms. The zero-order chi connectivity index (χ0) is 19.2. The predicted octanol–water partition coefficient (Wildman–Crippen LogP) is 2.45. The van der Waals surface area contributed by atoms with Gasteiger partial charge in [-0.15, -0.1) is 0 Å². The van der Waals surface area contributed by atoms with Gasteiger partial charge in [0, 0.05) is 18.7 Å². The fraction of sp³-hybridized carbons (Fsp3) is 0.600. The maximum Gasteiger partial charge on any atom is 0.251 e. The molecular weight excluding hydrogens is 314 g/mol. The molecule has 0 saturated carbocycles. The summed E-state index contributed by atoms with van der Waals surface area (Å²) in [5.74, 6) is -0.348. The van der Waals surface area contributed by atoms with E-state index in [0.29, 0.717) is 12.1 Å². The van der Waals surface area contributed by atoms with E-state index in [1.807, 2.05) is 53.1 Å². The highest BCUT2D eigenvalue weighted by atomic mass is 16.2. The lowest BCUT2D eigenvalue weighted by atomic mass is 9.92. The van der Waals surface area contributed by atoms with Gasteiger partial charge in [-0.3, -0.25) is 9.59 Å². The molecule has 1 rings (SSSR count). The van der Waals surface area contributed by atoms with E-state index in [1.165, 1.54) is 0 Å². The van der Waals surface area contributed by atoms with Crippen LogP contribution >= 0.6 is 0 Å². The van der Waals surface area contributed by atoms with Gasteiger partial charge >= 0.3 is 0 Å². The van der Waals surface area contributed by atoms with Crippen LogP contribution < -0.4 is 10.6 Å². The van der Waals surface area contributed by atoms with Gasteiger partial charge in [0.25, 0.3) is 5.91 Å². The highest BCUT2D eigenvalue weighted by Gasteiger charge is 2.27.